The van der Waals surface area contributed by atoms with Gasteiger partial charge in [-0.1, -0.05) is 36.4 Å². The number of carbonyl (C=O) groups is 2. The molecule has 0 saturated heterocycles. The highest BCUT2D eigenvalue weighted by Gasteiger charge is 2.30. The Balaban J connectivity index is 1.82. The summed E-state index contributed by atoms with van der Waals surface area (Å²) in [4.78, 5) is 23.5. The van der Waals surface area contributed by atoms with E-state index in [9.17, 15) is 22.8 Å². The molecule has 3 aromatic rings. The zero-order valence-corrected chi connectivity index (χ0v) is 14.8. The van der Waals surface area contributed by atoms with Crippen LogP contribution in [0.1, 0.15) is 27.3 Å². The lowest BCUT2D eigenvalue weighted by molar-refractivity contribution is -0.138. The molecule has 0 aliphatic rings. The maximum absolute atomic E-state index is 12.7. The second-order valence-electron chi connectivity index (χ2n) is 6.32. The Morgan fingerprint density at radius 2 is 1.43 bits per heavy atom. The van der Waals surface area contributed by atoms with Crippen molar-refractivity contribution in [3.8, 4) is 11.1 Å². The number of aromatic nitrogens is 1. The molecule has 7 heteroatoms. The van der Waals surface area contributed by atoms with Crippen molar-refractivity contribution in [2.45, 2.75) is 12.6 Å². The number of nitrogens with zero attached hydrogens (tertiary/aromatic N) is 1. The van der Waals surface area contributed by atoms with Crippen LogP contribution in [0, 0.1) is 0 Å². The largest absolute Gasteiger partial charge is 0.481 e. The summed E-state index contributed by atoms with van der Waals surface area (Å²) in [5.74, 6) is -1.25. The molecule has 28 heavy (non-hydrogen) atoms. The van der Waals surface area contributed by atoms with Gasteiger partial charge in [0.15, 0.2) is 0 Å². The first-order chi connectivity index (χ1) is 13.2. The lowest BCUT2D eigenvalue weighted by atomic mass is 10.0. The van der Waals surface area contributed by atoms with E-state index in [1.165, 1.54) is 12.1 Å². The van der Waals surface area contributed by atoms with Crippen molar-refractivity contribution in [2.75, 3.05) is 0 Å². The monoisotopic (exact) mass is 387 g/mol. The third kappa shape index (κ3) is 3.98. The normalized spacial score (nSPS) is 11.4. The highest BCUT2D eigenvalue weighted by Crippen LogP contribution is 2.31. The van der Waals surface area contributed by atoms with Crippen molar-refractivity contribution < 1.29 is 27.9 Å². The zero-order chi connectivity index (χ0) is 20.5. The number of hydrogen-bond donors (Lipinski definition) is 1. The second-order valence-corrected chi connectivity index (χ2v) is 6.32. The number of ketones is 1. The molecule has 1 heterocycles. The summed E-state index contributed by atoms with van der Waals surface area (Å²) >= 11 is 0. The number of carboxylic acid groups (broad SMARTS) is 1. The summed E-state index contributed by atoms with van der Waals surface area (Å²) in [5, 5.41) is 8.90. The molecule has 0 bridgehead atoms. The second kappa shape index (κ2) is 7.34. The molecule has 0 spiro atoms. The predicted molar refractivity (Wildman–Crippen MR) is 97.1 cm³/mol. The van der Waals surface area contributed by atoms with Crippen LogP contribution in [0.3, 0.4) is 0 Å². The minimum absolute atomic E-state index is 0.184. The minimum atomic E-state index is -4.39. The smallest absolute Gasteiger partial charge is 0.416 e. The van der Waals surface area contributed by atoms with Gasteiger partial charge in [-0.15, -0.1) is 0 Å². The number of benzene rings is 2. The van der Waals surface area contributed by atoms with Crippen molar-refractivity contribution >= 4 is 11.8 Å². The molecule has 0 unspecified atom stereocenters. The van der Waals surface area contributed by atoms with Gasteiger partial charge in [-0.2, -0.15) is 13.2 Å². The van der Waals surface area contributed by atoms with Gasteiger partial charge in [0.25, 0.3) is 0 Å². The van der Waals surface area contributed by atoms with Gasteiger partial charge in [0.2, 0.25) is 5.78 Å². The number of rotatable bonds is 5. The molecule has 0 aliphatic heterocycles. The fourth-order valence-corrected chi connectivity index (χ4v) is 2.93. The Labute approximate surface area is 158 Å². The van der Waals surface area contributed by atoms with E-state index in [-0.39, 0.29) is 12.2 Å². The van der Waals surface area contributed by atoms with E-state index >= 15 is 0 Å². The van der Waals surface area contributed by atoms with Crippen LogP contribution in [-0.2, 0) is 24.4 Å². The topological polar surface area (TPSA) is 59.3 Å². The number of carbonyl (C=O) groups excluding carboxylic acids is 1. The Hall–Kier alpha value is -3.35. The van der Waals surface area contributed by atoms with E-state index in [0.717, 1.165) is 12.1 Å². The molecule has 1 N–H and O–H groups in total. The number of halogens is 3. The van der Waals surface area contributed by atoms with Crippen LogP contribution in [0.4, 0.5) is 13.2 Å². The summed E-state index contributed by atoms with van der Waals surface area (Å²) in [6.07, 6.45) is -4.57. The van der Waals surface area contributed by atoms with Crippen molar-refractivity contribution in [3.05, 3.63) is 83.2 Å². The van der Waals surface area contributed by atoms with Crippen molar-refractivity contribution in [2.24, 2.45) is 7.05 Å². The Bertz CT molecular complexity index is 1020. The van der Waals surface area contributed by atoms with E-state index in [1.54, 1.807) is 48.0 Å². The quantitative estimate of drug-likeness (QED) is 0.653. The molecule has 3 rings (SSSR count). The first-order valence-corrected chi connectivity index (χ1v) is 8.35. The number of alkyl halides is 3. The van der Waals surface area contributed by atoms with Gasteiger partial charge < -0.3 is 9.67 Å². The SMILES string of the molecule is Cn1c(CC(=O)O)ccc1C(=O)c1ccc(-c2ccc(C(F)(F)F)cc2)cc1. The number of hydrogen-bond acceptors (Lipinski definition) is 2. The minimum Gasteiger partial charge on any atom is -0.481 e. The van der Waals surface area contributed by atoms with Gasteiger partial charge in [-0.05, 0) is 35.4 Å². The van der Waals surface area contributed by atoms with Crippen LogP contribution in [-0.4, -0.2) is 21.4 Å². The first kappa shape index (κ1) is 19.4. The Morgan fingerprint density at radius 3 is 1.93 bits per heavy atom. The van der Waals surface area contributed by atoms with Gasteiger partial charge in [0.05, 0.1) is 17.7 Å². The van der Waals surface area contributed by atoms with E-state index < -0.39 is 17.7 Å². The Kier molecular flexibility index (Phi) is 5.09. The molecule has 2 aromatic carbocycles. The summed E-state index contributed by atoms with van der Waals surface area (Å²) < 4.78 is 39.5. The average Bonchev–Trinajstić information content (AvgIpc) is 3.00. The number of aliphatic carboxylic acids is 1. The van der Waals surface area contributed by atoms with Crippen molar-refractivity contribution in [3.63, 3.8) is 0 Å². The van der Waals surface area contributed by atoms with Crippen LogP contribution in [0.5, 0.6) is 0 Å². The number of carboxylic acids is 1. The van der Waals surface area contributed by atoms with Gasteiger partial charge >= 0.3 is 12.1 Å². The van der Waals surface area contributed by atoms with E-state index in [1.807, 2.05) is 0 Å². The molecule has 1 aromatic heterocycles. The summed E-state index contributed by atoms with van der Waals surface area (Å²) in [6, 6.07) is 14.5. The summed E-state index contributed by atoms with van der Waals surface area (Å²) in [6.45, 7) is 0. The van der Waals surface area contributed by atoms with Crippen molar-refractivity contribution in [1.82, 2.24) is 4.57 Å². The van der Waals surface area contributed by atoms with Crippen LogP contribution in [0.2, 0.25) is 0 Å². The van der Waals surface area contributed by atoms with E-state index in [4.69, 9.17) is 5.11 Å². The van der Waals surface area contributed by atoms with Gasteiger partial charge in [-0.25, -0.2) is 0 Å². The van der Waals surface area contributed by atoms with Crippen LogP contribution in [0.15, 0.2) is 60.7 Å². The predicted octanol–water partition coefficient (Wildman–Crippen LogP) is 4.57. The molecular formula is C21H16F3NO3. The zero-order valence-electron chi connectivity index (χ0n) is 14.8. The summed E-state index contributed by atoms with van der Waals surface area (Å²) in [5.41, 5.74) is 1.84. The molecule has 0 aliphatic carbocycles. The van der Waals surface area contributed by atoms with E-state index in [0.29, 0.717) is 28.1 Å². The lowest BCUT2D eigenvalue weighted by Gasteiger charge is -2.09. The van der Waals surface area contributed by atoms with Crippen LogP contribution < -0.4 is 0 Å². The fraction of sp³-hybridized carbons (Fsp3) is 0.143. The highest BCUT2D eigenvalue weighted by molar-refractivity contribution is 6.08. The van der Waals surface area contributed by atoms with Crippen LogP contribution in [0.25, 0.3) is 11.1 Å². The van der Waals surface area contributed by atoms with Gasteiger partial charge in [0.1, 0.15) is 0 Å². The molecule has 144 valence electrons. The third-order valence-electron chi connectivity index (χ3n) is 4.48. The molecular weight excluding hydrogens is 371 g/mol. The first-order valence-electron chi connectivity index (χ1n) is 8.35. The Morgan fingerprint density at radius 1 is 0.893 bits per heavy atom. The highest BCUT2D eigenvalue weighted by atomic mass is 19.4. The van der Waals surface area contributed by atoms with Gasteiger partial charge in [0, 0.05) is 18.3 Å². The maximum Gasteiger partial charge on any atom is 0.416 e. The van der Waals surface area contributed by atoms with E-state index in [2.05, 4.69) is 0 Å². The molecule has 0 amide bonds. The third-order valence-corrected chi connectivity index (χ3v) is 4.48. The maximum atomic E-state index is 12.7. The molecule has 0 atom stereocenters. The molecule has 0 radical (unpaired) electrons. The van der Waals surface area contributed by atoms with Gasteiger partial charge in [-0.3, -0.25) is 9.59 Å². The van der Waals surface area contributed by atoms with Crippen molar-refractivity contribution in [1.29, 1.82) is 0 Å². The average molecular weight is 387 g/mol. The van der Waals surface area contributed by atoms with Crippen LogP contribution >= 0.6 is 0 Å². The standard InChI is InChI=1S/C21H16F3NO3/c1-25-17(12-19(26)27)10-11-18(25)20(28)15-4-2-13(3-5-15)14-6-8-16(9-7-14)21(22,23)24/h2-11H,12H2,1H3,(H,26,27). The summed E-state index contributed by atoms with van der Waals surface area (Å²) in [7, 11) is 1.63. The lowest BCUT2D eigenvalue weighted by Crippen LogP contribution is -2.11. The molecule has 0 fully saturated rings. The molecule has 0 saturated carbocycles. The fourth-order valence-electron chi connectivity index (χ4n) is 2.93. The molecule has 4 nitrogen and oxygen atoms in total.